The van der Waals surface area contributed by atoms with E-state index in [-0.39, 0.29) is 5.91 Å². The SMILES string of the molecule is COc1ccc(NC(=O)c2ccnc(N3CCc4ccccc4C3)c2)cc1. The molecule has 0 bridgehead atoms. The Hall–Kier alpha value is -3.34. The summed E-state index contributed by atoms with van der Waals surface area (Å²) in [5, 5.41) is 2.91. The molecule has 0 radical (unpaired) electrons. The molecule has 0 atom stereocenters. The van der Waals surface area contributed by atoms with E-state index < -0.39 is 0 Å². The smallest absolute Gasteiger partial charge is 0.255 e. The number of ether oxygens (including phenoxy) is 1. The normalized spacial score (nSPS) is 13.0. The van der Waals surface area contributed by atoms with Crippen LogP contribution in [0.4, 0.5) is 11.5 Å². The van der Waals surface area contributed by atoms with Crippen molar-refractivity contribution in [2.24, 2.45) is 0 Å². The lowest BCUT2D eigenvalue weighted by molar-refractivity contribution is 0.102. The number of anilines is 2. The topological polar surface area (TPSA) is 54.5 Å². The van der Waals surface area contributed by atoms with Gasteiger partial charge in [-0.1, -0.05) is 24.3 Å². The number of pyridine rings is 1. The summed E-state index contributed by atoms with van der Waals surface area (Å²) in [4.78, 5) is 19.3. The number of rotatable bonds is 4. The largest absolute Gasteiger partial charge is 0.497 e. The minimum absolute atomic E-state index is 0.152. The molecule has 0 saturated carbocycles. The fraction of sp³-hybridized carbons (Fsp3) is 0.182. The summed E-state index contributed by atoms with van der Waals surface area (Å²) < 4.78 is 5.14. The van der Waals surface area contributed by atoms with E-state index in [9.17, 15) is 4.79 Å². The van der Waals surface area contributed by atoms with Crippen molar-refractivity contribution in [3.8, 4) is 5.75 Å². The molecule has 3 aromatic rings. The van der Waals surface area contributed by atoms with Gasteiger partial charge in [0.1, 0.15) is 11.6 Å². The van der Waals surface area contributed by atoms with Crippen molar-refractivity contribution in [2.45, 2.75) is 13.0 Å². The maximum Gasteiger partial charge on any atom is 0.255 e. The molecule has 0 unspecified atom stereocenters. The molecule has 0 fully saturated rings. The lowest BCUT2D eigenvalue weighted by Gasteiger charge is -2.29. The first-order valence-electron chi connectivity index (χ1n) is 8.96. The number of aromatic nitrogens is 1. The Bertz CT molecular complexity index is 954. The molecule has 136 valence electrons. The number of fused-ring (bicyclic) bond motifs is 1. The van der Waals surface area contributed by atoms with Crippen molar-refractivity contribution in [3.63, 3.8) is 0 Å². The van der Waals surface area contributed by atoms with Crippen LogP contribution in [0.15, 0.2) is 66.9 Å². The van der Waals surface area contributed by atoms with Gasteiger partial charge in [-0.2, -0.15) is 0 Å². The third kappa shape index (κ3) is 3.77. The van der Waals surface area contributed by atoms with Gasteiger partial charge < -0.3 is 15.0 Å². The van der Waals surface area contributed by atoms with Crippen LogP contribution in [-0.2, 0) is 13.0 Å². The van der Waals surface area contributed by atoms with E-state index in [4.69, 9.17) is 4.74 Å². The van der Waals surface area contributed by atoms with E-state index in [2.05, 4.69) is 39.5 Å². The predicted octanol–water partition coefficient (Wildman–Crippen LogP) is 3.91. The summed E-state index contributed by atoms with van der Waals surface area (Å²) in [5.74, 6) is 1.43. The summed E-state index contributed by atoms with van der Waals surface area (Å²) in [5.41, 5.74) is 4.03. The Kier molecular flexibility index (Phi) is 4.75. The quantitative estimate of drug-likeness (QED) is 0.767. The number of carbonyl (C=O) groups excluding carboxylic acids is 1. The predicted molar refractivity (Wildman–Crippen MR) is 106 cm³/mol. The first kappa shape index (κ1) is 17.1. The third-order valence-corrected chi connectivity index (χ3v) is 4.81. The van der Waals surface area contributed by atoms with Crippen molar-refractivity contribution in [1.29, 1.82) is 0 Å². The Balaban J connectivity index is 1.49. The second-order valence-electron chi connectivity index (χ2n) is 6.53. The number of carbonyl (C=O) groups is 1. The lowest BCUT2D eigenvalue weighted by Crippen LogP contribution is -2.31. The molecule has 0 spiro atoms. The van der Waals surface area contributed by atoms with Crippen LogP contribution < -0.4 is 15.0 Å². The van der Waals surface area contributed by atoms with Crippen molar-refractivity contribution in [1.82, 2.24) is 4.98 Å². The Labute approximate surface area is 158 Å². The summed E-state index contributed by atoms with van der Waals surface area (Å²) in [6.07, 6.45) is 2.68. The molecule has 4 rings (SSSR count). The van der Waals surface area contributed by atoms with Gasteiger partial charge in [0.15, 0.2) is 0 Å². The van der Waals surface area contributed by atoms with Gasteiger partial charge >= 0.3 is 0 Å². The molecule has 0 aliphatic carbocycles. The highest BCUT2D eigenvalue weighted by Crippen LogP contribution is 2.24. The molecule has 1 N–H and O–H groups in total. The van der Waals surface area contributed by atoms with Crippen LogP contribution in [0, 0.1) is 0 Å². The zero-order valence-corrected chi connectivity index (χ0v) is 15.2. The van der Waals surface area contributed by atoms with Crippen LogP contribution in [0.3, 0.4) is 0 Å². The molecule has 27 heavy (non-hydrogen) atoms. The third-order valence-electron chi connectivity index (χ3n) is 4.81. The molecular weight excluding hydrogens is 338 g/mol. The van der Waals surface area contributed by atoms with Crippen LogP contribution in [-0.4, -0.2) is 24.5 Å². The van der Waals surface area contributed by atoms with Gasteiger partial charge in [0.25, 0.3) is 5.91 Å². The van der Waals surface area contributed by atoms with E-state index in [0.29, 0.717) is 5.56 Å². The van der Waals surface area contributed by atoms with Crippen LogP contribution in [0.2, 0.25) is 0 Å². The van der Waals surface area contributed by atoms with Gasteiger partial charge in [0.05, 0.1) is 7.11 Å². The van der Waals surface area contributed by atoms with Gasteiger partial charge in [-0.25, -0.2) is 4.98 Å². The molecule has 1 aliphatic rings. The molecule has 5 nitrogen and oxygen atoms in total. The minimum Gasteiger partial charge on any atom is -0.497 e. The van der Waals surface area contributed by atoms with Gasteiger partial charge in [-0.15, -0.1) is 0 Å². The highest BCUT2D eigenvalue weighted by Gasteiger charge is 2.18. The number of hydrogen-bond acceptors (Lipinski definition) is 4. The summed E-state index contributed by atoms with van der Waals surface area (Å²) >= 11 is 0. The van der Waals surface area contributed by atoms with Crippen LogP contribution >= 0.6 is 0 Å². The van der Waals surface area contributed by atoms with E-state index >= 15 is 0 Å². The zero-order valence-electron chi connectivity index (χ0n) is 15.2. The molecule has 1 amide bonds. The summed E-state index contributed by atoms with van der Waals surface area (Å²) in [7, 11) is 1.62. The molecule has 2 aromatic carbocycles. The first-order chi connectivity index (χ1) is 13.2. The summed E-state index contributed by atoms with van der Waals surface area (Å²) in [6.45, 7) is 1.71. The molecule has 1 aromatic heterocycles. The van der Waals surface area contributed by atoms with Gasteiger partial charge in [0.2, 0.25) is 0 Å². The Morgan fingerprint density at radius 3 is 2.63 bits per heavy atom. The van der Waals surface area contributed by atoms with Crippen molar-refractivity contribution >= 4 is 17.4 Å². The van der Waals surface area contributed by atoms with Crippen LogP contribution in [0.25, 0.3) is 0 Å². The average molecular weight is 359 g/mol. The van der Waals surface area contributed by atoms with Crippen molar-refractivity contribution < 1.29 is 9.53 Å². The molecule has 5 heteroatoms. The van der Waals surface area contributed by atoms with Crippen molar-refractivity contribution in [3.05, 3.63) is 83.6 Å². The second kappa shape index (κ2) is 7.50. The highest BCUT2D eigenvalue weighted by atomic mass is 16.5. The standard InChI is InChI=1S/C22H21N3O2/c1-27-20-8-6-19(7-9-20)24-22(26)17-10-12-23-21(14-17)25-13-11-16-4-2-3-5-18(16)15-25/h2-10,12,14H,11,13,15H2,1H3,(H,24,26). The number of hydrogen-bond donors (Lipinski definition) is 1. The number of amides is 1. The number of benzene rings is 2. The highest BCUT2D eigenvalue weighted by molar-refractivity contribution is 6.04. The van der Waals surface area contributed by atoms with Crippen LogP contribution in [0.1, 0.15) is 21.5 Å². The minimum atomic E-state index is -0.152. The van der Waals surface area contributed by atoms with E-state index in [1.807, 2.05) is 30.3 Å². The lowest BCUT2D eigenvalue weighted by atomic mass is 10.00. The van der Waals surface area contributed by atoms with Gasteiger partial charge in [-0.05, 0) is 53.9 Å². The number of methoxy groups -OCH3 is 1. The fourth-order valence-electron chi connectivity index (χ4n) is 3.30. The van der Waals surface area contributed by atoms with Gasteiger partial charge in [0, 0.05) is 30.5 Å². The second-order valence-corrected chi connectivity index (χ2v) is 6.53. The number of nitrogens with zero attached hydrogens (tertiary/aromatic N) is 2. The average Bonchev–Trinajstić information content (AvgIpc) is 2.74. The van der Waals surface area contributed by atoms with E-state index in [0.717, 1.165) is 36.8 Å². The maximum atomic E-state index is 12.6. The molecular formula is C22H21N3O2. The number of nitrogens with one attached hydrogen (secondary N) is 1. The monoisotopic (exact) mass is 359 g/mol. The maximum absolute atomic E-state index is 12.6. The molecule has 1 aliphatic heterocycles. The first-order valence-corrected chi connectivity index (χ1v) is 8.96. The van der Waals surface area contributed by atoms with Crippen molar-refractivity contribution in [2.75, 3.05) is 23.9 Å². The fourth-order valence-corrected chi connectivity index (χ4v) is 3.30. The zero-order chi connectivity index (χ0) is 18.6. The Morgan fingerprint density at radius 1 is 1.07 bits per heavy atom. The van der Waals surface area contributed by atoms with E-state index in [1.54, 1.807) is 19.4 Å². The van der Waals surface area contributed by atoms with Crippen LogP contribution in [0.5, 0.6) is 5.75 Å². The summed E-state index contributed by atoms with van der Waals surface area (Å²) in [6, 6.07) is 19.3. The molecule has 0 saturated heterocycles. The van der Waals surface area contributed by atoms with Gasteiger partial charge in [-0.3, -0.25) is 4.79 Å². The van der Waals surface area contributed by atoms with E-state index in [1.165, 1.54) is 11.1 Å². The molecule has 2 heterocycles. The Morgan fingerprint density at radius 2 is 1.85 bits per heavy atom.